The van der Waals surface area contributed by atoms with Crippen molar-refractivity contribution < 1.29 is 0 Å². The first kappa shape index (κ1) is 14.3. The summed E-state index contributed by atoms with van der Waals surface area (Å²) in [6.07, 6.45) is 6.89. The van der Waals surface area contributed by atoms with Crippen LogP contribution in [0.3, 0.4) is 0 Å². The average Bonchev–Trinajstić information content (AvgIpc) is 2.38. The van der Waals surface area contributed by atoms with Gasteiger partial charge in [-0.1, -0.05) is 12.8 Å². The highest BCUT2D eigenvalue weighted by Gasteiger charge is 2.28. The van der Waals surface area contributed by atoms with E-state index in [4.69, 9.17) is 5.73 Å². The first-order valence-electron chi connectivity index (χ1n) is 6.37. The highest BCUT2D eigenvalue weighted by atomic mass is 79.9. The lowest BCUT2D eigenvalue weighted by Gasteiger charge is -2.38. The predicted octanol–water partition coefficient (Wildman–Crippen LogP) is 3.56. The topological polar surface area (TPSA) is 42.2 Å². The highest BCUT2D eigenvalue weighted by molar-refractivity contribution is 9.11. The zero-order chi connectivity index (χ0) is 13.1. The van der Waals surface area contributed by atoms with E-state index in [0.29, 0.717) is 12.0 Å². The Labute approximate surface area is 125 Å². The van der Waals surface area contributed by atoms with Crippen molar-refractivity contribution in [2.45, 2.75) is 31.7 Å². The SMILES string of the molecule is CN(c1ncc(Br)cc1Br)C1CCCCC1CN. The van der Waals surface area contributed by atoms with Crippen molar-refractivity contribution in [2.24, 2.45) is 11.7 Å². The molecule has 2 rings (SSSR count). The third-order valence-electron chi connectivity index (χ3n) is 3.79. The summed E-state index contributed by atoms with van der Waals surface area (Å²) in [6, 6.07) is 2.55. The molecule has 0 aromatic carbocycles. The van der Waals surface area contributed by atoms with Gasteiger partial charge in [-0.2, -0.15) is 0 Å². The van der Waals surface area contributed by atoms with Crippen LogP contribution in [0.4, 0.5) is 5.82 Å². The maximum absolute atomic E-state index is 5.91. The lowest BCUT2D eigenvalue weighted by atomic mass is 9.84. The van der Waals surface area contributed by atoms with Crippen molar-refractivity contribution >= 4 is 37.7 Å². The van der Waals surface area contributed by atoms with Crippen LogP contribution in [-0.4, -0.2) is 24.6 Å². The van der Waals surface area contributed by atoms with E-state index in [0.717, 1.165) is 21.3 Å². The molecule has 1 aromatic rings. The van der Waals surface area contributed by atoms with Crippen molar-refractivity contribution in [1.82, 2.24) is 4.98 Å². The molecule has 2 N–H and O–H groups in total. The molecule has 18 heavy (non-hydrogen) atoms. The first-order chi connectivity index (χ1) is 8.63. The highest BCUT2D eigenvalue weighted by Crippen LogP contribution is 2.33. The number of hydrogen-bond donors (Lipinski definition) is 1. The summed E-state index contributed by atoms with van der Waals surface area (Å²) in [5.74, 6) is 1.59. The van der Waals surface area contributed by atoms with Crippen molar-refractivity contribution in [3.63, 3.8) is 0 Å². The number of anilines is 1. The maximum atomic E-state index is 5.91. The van der Waals surface area contributed by atoms with E-state index in [1.807, 2.05) is 12.3 Å². The zero-order valence-corrected chi connectivity index (χ0v) is 13.7. The number of nitrogens with zero attached hydrogens (tertiary/aromatic N) is 2. The average molecular weight is 377 g/mol. The van der Waals surface area contributed by atoms with E-state index in [2.05, 4.69) is 48.8 Å². The number of nitrogens with two attached hydrogens (primary N) is 1. The van der Waals surface area contributed by atoms with Gasteiger partial charge in [0.2, 0.25) is 0 Å². The smallest absolute Gasteiger partial charge is 0.142 e. The van der Waals surface area contributed by atoms with E-state index in [9.17, 15) is 0 Å². The van der Waals surface area contributed by atoms with Crippen LogP contribution in [0.2, 0.25) is 0 Å². The van der Waals surface area contributed by atoms with E-state index in [-0.39, 0.29) is 0 Å². The molecule has 3 nitrogen and oxygen atoms in total. The maximum Gasteiger partial charge on any atom is 0.142 e. The van der Waals surface area contributed by atoms with Crippen molar-refractivity contribution in [1.29, 1.82) is 0 Å². The van der Waals surface area contributed by atoms with E-state index in [1.165, 1.54) is 25.7 Å². The van der Waals surface area contributed by atoms with Crippen LogP contribution in [-0.2, 0) is 0 Å². The van der Waals surface area contributed by atoms with Crippen LogP contribution in [0.1, 0.15) is 25.7 Å². The van der Waals surface area contributed by atoms with Gasteiger partial charge in [-0.3, -0.25) is 0 Å². The Hall–Kier alpha value is -0.130. The van der Waals surface area contributed by atoms with Crippen molar-refractivity contribution in [3.05, 3.63) is 21.2 Å². The zero-order valence-electron chi connectivity index (χ0n) is 10.6. The molecule has 0 radical (unpaired) electrons. The lowest BCUT2D eigenvalue weighted by Crippen LogP contribution is -2.43. The number of pyridine rings is 1. The van der Waals surface area contributed by atoms with Crippen LogP contribution in [0, 0.1) is 5.92 Å². The Morgan fingerprint density at radius 3 is 2.78 bits per heavy atom. The summed E-state index contributed by atoms with van der Waals surface area (Å²) in [5, 5.41) is 0. The largest absolute Gasteiger partial charge is 0.355 e. The molecule has 1 aromatic heterocycles. The first-order valence-corrected chi connectivity index (χ1v) is 7.96. The second kappa shape index (κ2) is 6.35. The molecule has 0 spiro atoms. The fourth-order valence-corrected chi connectivity index (χ4v) is 4.06. The van der Waals surface area contributed by atoms with E-state index < -0.39 is 0 Å². The fraction of sp³-hybridized carbons (Fsp3) is 0.615. The van der Waals surface area contributed by atoms with Crippen LogP contribution >= 0.6 is 31.9 Å². The molecule has 100 valence electrons. The second-order valence-corrected chi connectivity index (χ2v) is 6.69. The summed E-state index contributed by atoms with van der Waals surface area (Å²) in [6.45, 7) is 0.767. The minimum Gasteiger partial charge on any atom is -0.355 e. The quantitative estimate of drug-likeness (QED) is 0.876. The van der Waals surface area contributed by atoms with Gasteiger partial charge in [-0.05, 0) is 63.2 Å². The summed E-state index contributed by atoms with van der Waals surface area (Å²) < 4.78 is 2.02. The standard InChI is InChI=1S/C13H19Br2N3/c1-18(12-5-3-2-4-9(12)7-16)13-11(15)6-10(14)8-17-13/h6,8-9,12H,2-5,7,16H2,1H3. The Morgan fingerprint density at radius 1 is 1.39 bits per heavy atom. The molecule has 2 unspecified atom stereocenters. The van der Waals surface area contributed by atoms with Crippen LogP contribution in [0.25, 0.3) is 0 Å². The van der Waals surface area contributed by atoms with Gasteiger partial charge in [0, 0.05) is 23.8 Å². The molecule has 1 saturated carbocycles. The summed E-state index contributed by atoms with van der Waals surface area (Å²) in [5.41, 5.74) is 5.91. The van der Waals surface area contributed by atoms with E-state index >= 15 is 0 Å². The molecule has 1 fully saturated rings. The third kappa shape index (κ3) is 3.06. The molecule has 0 bridgehead atoms. The van der Waals surface area contributed by atoms with Crippen molar-refractivity contribution in [3.8, 4) is 0 Å². The van der Waals surface area contributed by atoms with Crippen LogP contribution in [0.5, 0.6) is 0 Å². The van der Waals surface area contributed by atoms with Gasteiger partial charge in [0.1, 0.15) is 5.82 Å². The molecule has 1 aliphatic carbocycles. The van der Waals surface area contributed by atoms with Gasteiger partial charge in [-0.25, -0.2) is 4.98 Å². The monoisotopic (exact) mass is 375 g/mol. The Balaban J connectivity index is 2.20. The summed E-state index contributed by atoms with van der Waals surface area (Å²) in [7, 11) is 2.12. The Kier molecular flexibility index (Phi) is 5.04. The molecule has 2 atom stereocenters. The molecule has 1 heterocycles. The van der Waals surface area contributed by atoms with Gasteiger partial charge < -0.3 is 10.6 Å². The fourth-order valence-electron chi connectivity index (χ4n) is 2.80. The number of aromatic nitrogens is 1. The van der Waals surface area contributed by atoms with Crippen LogP contribution < -0.4 is 10.6 Å². The third-order valence-corrected chi connectivity index (χ3v) is 4.81. The van der Waals surface area contributed by atoms with Gasteiger partial charge >= 0.3 is 0 Å². The summed E-state index contributed by atoms with van der Waals surface area (Å²) in [4.78, 5) is 6.80. The van der Waals surface area contributed by atoms with Gasteiger partial charge in [0.25, 0.3) is 0 Å². The Morgan fingerprint density at radius 2 is 2.11 bits per heavy atom. The second-order valence-electron chi connectivity index (χ2n) is 4.92. The predicted molar refractivity (Wildman–Crippen MR) is 82.8 cm³/mol. The number of hydrogen-bond acceptors (Lipinski definition) is 3. The molecule has 0 amide bonds. The molecular weight excluding hydrogens is 358 g/mol. The minimum absolute atomic E-state index is 0.508. The normalized spacial score (nSPS) is 24.0. The molecule has 1 aliphatic rings. The molecular formula is C13H19Br2N3. The van der Waals surface area contributed by atoms with Gasteiger partial charge in [0.05, 0.1) is 4.47 Å². The summed E-state index contributed by atoms with van der Waals surface area (Å²) >= 11 is 7.03. The van der Waals surface area contributed by atoms with Crippen LogP contribution in [0.15, 0.2) is 21.2 Å². The Bertz CT molecular complexity index is 411. The molecule has 0 aliphatic heterocycles. The minimum atomic E-state index is 0.508. The van der Waals surface area contributed by atoms with Crippen molar-refractivity contribution in [2.75, 3.05) is 18.5 Å². The number of halogens is 2. The number of rotatable bonds is 3. The van der Waals surface area contributed by atoms with Gasteiger partial charge in [-0.15, -0.1) is 0 Å². The van der Waals surface area contributed by atoms with E-state index in [1.54, 1.807) is 0 Å². The molecule has 0 saturated heterocycles. The molecule has 5 heteroatoms. The lowest BCUT2D eigenvalue weighted by molar-refractivity contribution is 0.305. The van der Waals surface area contributed by atoms with Gasteiger partial charge in [0.15, 0.2) is 0 Å².